The zero-order chi connectivity index (χ0) is 47.5. The molecule has 1 fully saturated rings. The SMILES string of the molecule is Cc1cn([C@@H]2O[C@H](CO[Si](C)(C)C(C)(C)C)[C@@]3(OS(=O)(=O)C=C3N)[C@H]2O[Si](C)(C)C(C)(C)C)c(=O)n(CCCN(CC(=O)OCc2ccccc2)CC(=O)OCc2ccccc2)c1=O. The normalized spacial score (nSPS) is 21.3. The fraction of sp³-hybridized carbons (Fsp3) is 0.556. The Morgan fingerprint density at radius 2 is 1.36 bits per heavy atom. The van der Waals surface area contributed by atoms with Gasteiger partial charge in [-0.15, -0.1) is 0 Å². The Hall–Kier alpha value is -4.22. The molecule has 0 saturated carbocycles. The Bertz CT molecular complexity index is 2340. The van der Waals surface area contributed by atoms with Gasteiger partial charge in [-0.05, 0) is 60.7 Å². The van der Waals surface area contributed by atoms with E-state index in [1.807, 2.05) is 108 Å². The Balaban J connectivity index is 1.47. The van der Waals surface area contributed by atoms with Gasteiger partial charge in [0.05, 0.1) is 30.8 Å². The van der Waals surface area contributed by atoms with Crippen LogP contribution < -0.4 is 17.0 Å². The molecule has 1 spiro atoms. The second-order valence-corrected chi connectivity index (χ2v) is 30.6. The molecule has 0 unspecified atom stereocenters. The maximum absolute atomic E-state index is 14.7. The smallest absolute Gasteiger partial charge is 0.333 e. The quantitative estimate of drug-likeness (QED) is 0.0926. The zero-order valence-corrected chi connectivity index (χ0v) is 41.9. The molecule has 0 amide bonds. The lowest BCUT2D eigenvalue weighted by Crippen LogP contribution is -2.59. The number of nitrogens with two attached hydrogens (primary N) is 1. The predicted octanol–water partition coefficient (Wildman–Crippen LogP) is 5.71. The van der Waals surface area contributed by atoms with Crippen LogP contribution in [0.3, 0.4) is 0 Å². The lowest BCUT2D eigenvalue weighted by atomic mass is 9.89. The maximum Gasteiger partial charge on any atom is 0.333 e. The molecule has 0 bridgehead atoms. The highest BCUT2D eigenvalue weighted by molar-refractivity contribution is 7.90. The summed E-state index contributed by atoms with van der Waals surface area (Å²) in [4.78, 5) is 56.2. The van der Waals surface area contributed by atoms with Crippen LogP contribution in [0, 0.1) is 6.92 Å². The van der Waals surface area contributed by atoms with E-state index in [4.69, 9.17) is 33.0 Å². The molecule has 1 saturated heterocycles. The molecule has 64 heavy (non-hydrogen) atoms. The van der Waals surface area contributed by atoms with Crippen LogP contribution in [0.5, 0.6) is 0 Å². The highest BCUT2D eigenvalue weighted by Crippen LogP contribution is 2.52. The average Bonchev–Trinajstić information content (AvgIpc) is 3.63. The number of benzene rings is 2. The molecular formula is C45H66N4O12SSi2. The molecule has 5 rings (SSSR count). The van der Waals surface area contributed by atoms with Gasteiger partial charge in [0.25, 0.3) is 15.7 Å². The van der Waals surface area contributed by atoms with Crippen LogP contribution in [0.4, 0.5) is 0 Å². The standard InChI is InChI=1S/C45H66N4O12SSi2/c1-32-25-49(41-39(60-64(10,11)44(5,6)7)45(35(46)31-62(54,55)61-45)36(59-41)30-58-63(8,9)43(2,3)4)42(53)48(40(32)52)24-18-23-47(26-37(50)56-28-33-19-14-12-15-20-33)27-38(51)57-29-34-21-16-13-17-22-34/h12-17,19-22,25,31,36,39,41H,18,23-24,26-30,46H2,1-11H3/t36-,39+,41-,45-/m1/s1. The van der Waals surface area contributed by atoms with Crippen molar-refractivity contribution in [2.75, 3.05) is 26.2 Å². The minimum Gasteiger partial charge on any atom is -0.460 e. The van der Waals surface area contributed by atoms with Crippen LogP contribution in [0.25, 0.3) is 0 Å². The topological polar surface area (TPSA) is 197 Å². The lowest BCUT2D eigenvalue weighted by molar-refractivity contribution is -0.150. The van der Waals surface area contributed by atoms with Crippen molar-refractivity contribution in [1.82, 2.24) is 14.0 Å². The van der Waals surface area contributed by atoms with Crippen molar-refractivity contribution in [3.8, 4) is 0 Å². The molecule has 19 heteroatoms. The minimum absolute atomic E-state index is 0.0382. The van der Waals surface area contributed by atoms with Gasteiger partial charge in [-0.25, -0.2) is 8.98 Å². The summed E-state index contributed by atoms with van der Waals surface area (Å²) in [5, 5.41) is 0.247. The van der Waals surface area contributed by atoms with Crippen molar-refractivity contribution in [3.63, 3.8) is 0 Å². The third kappa shape index (κ3) is 11.8. The summed E-state index contributed by atoms with van der Waals surface area (Å²) in [5.74, 6) is -1.15. The summed E-state index contributed by atoms with van der Waals surface area (Å²) in [6.07, 6.45) is -2.23. The molecule has 2 aromatic carbocycles. The molecule has 2 N–H and O–H groups in total. The lowest BCUT2D eigenvalue weighted by Gasteiger charge is -2.43. The van der Waals surface area contributed by atoms with E-state index < -0.39 is 79.0 Å². The number of hydrogen-bond donors (Lipinski definition) is 1. The number of rotatable bonds is 18. The van der Waals surface area contributed by atoms with Crippen molar-refractivity contribution in [1.29, 1.82) is 0 Å². The van der Waals surface area contributed by atoms with Gasteiger partial charge in [0.15, 0.2) is 28.5 Å². The predicted molar refractivity (Wildman–Crippen MR) is 247 cm³/mol. The van der Waals surface area contributed by atoms with Gasteiger partial charge in [0.2, 0.25) is 0 Å². The number of carbonyl (C=O) groups excluding carboxylic acids is 2. The van der Waals surface area contributed by atoms with E-state index in [-0.39, 0.29) is 68.7 Å². The van der Waals surface area contributed by atoms with Crippen LogP contribution >= 0.6 is 0 Å². The second kappa shape index (κ2) is 19.7. The van der Waals surface area contributed by atoms with Gasteiger partial charge in [-0.1, -0.05) is 102 Å². The van der Waals surface area contributed by atoms with Crippen molar-refractivity contribution >= 4 is 38.7 Å². The van der Waals surface area contributed by atoms with Crippen molar-refractivity contribution in [2.45, 2.75) is 135 Å². The number of carbonyl (C=O) groups is 2. The third-order valence-electron chi connectivity index (χ3n) is 12.8. The number of esters is 2. The van der Waals surface area contributed by atoms with Gasteiger partial charge in [0.1, 0.15) is 25.4 Å². The third-order valence-corrected chi connectivity index (χ3v) is 22.8. The molecule has 3 aromatic rings. The van der Waals surface area contributed by atoms with E-state index in [9.17, 15) is 27.6 Å². The van der Waals surface area contributed by atoms with Crippen LogP contribution in [0.15, 0.2) is 87.6 Å². The number of aromatic nitrogens is 2. The zero-order valence-electron chi connectivity index (χ0n) is 39.0. The molecule has 2 aliphatic rings. The number of hydrogen-bond acceptors (Lipinski definition) is 14. The summed E-state index contributed by atoms with van der Waals surface area (Å²) in [6, 6.07) is 18.4. The first-order chi connectivity index (χ1) is 29.7. The molecule has 3 heterocycles. The first-order valence-electron chi connectivity index (χ1n) is 21.5. The van der Waals surface area contributed by atoms with E-state index in [1.54, 1.807) is 11.8 Å². The summed E-state index contributed by atoms with van der Waals surface area (Å²) in [7, 11) is -9.64. The summed E-state index contributed by atoms with van der Waals surface area (Å²) in [6.45, 7) is 21.3. The molecule has 0 radical (unpaired) electrons. The fourth-order valence-electron chi connectivity index (χ4n) is 6.95. The largest absolute Gasteiger partial charge is 0.460 e. The van der Waals surface area contributed by atoms with Crippen molar-refractivity contribution < 1.29 is 45.3 Å². The molecule has 2 aliphatic heterocycles. The van der Waals surface area contributed by atoms with Crippen LogP contribution in [0.2, 0.25) is 36.3 Å². The number of ether oxygens (including phenoxy) is 3. The summed E-state index contributed by atoms with van der Waals surface area (Å²) < 4.78 is 66.2. The monoisotopic (exact) mass is 942 g/mol. The van der Waals surface area contributed by atoms with E-state index in [1.165, 1.54) is 10.8 Å². The molecule has 1 aromatic heterocycles. The van der Waals surface area contributed by atoms with Crippen molar-refractivity contribution in [3.05, 3.63) is 115 Å². The van der Waals surface area contributed by atoms with Crippen molar-refractivity contribution in [2.24, 2.45) is 5.73 Å². The fourth-order valence-corrected chi connectivity index (χ4v) is 10.5. The van der Waals surface area contributed by atoms with Gasteiger partial charge in [-0.3, -0.25) is 28.4 Å². The number of nitrogens with zero attached hydrogens (tertiary/aromatic N) is 3. The van der Waals surface area contributed by atoms with Gasteiger partial charge >= 0.3 is 17.6 Å². The minimum atomic E-state index is -4.33. The Labute approximate surface area is 379 Å². The number of aryl methyl sites for hydroxylation is 1. The van der Waals surface area contributed by atoms with E-state index in [0.29, 0.717) is 0 Å². The summed E-state index contributed by atoms with van der Waals surface area (Å²) in [5.41, 5.74) is 5.05. The molecule has 16 nitrogen and oxygen atoms in total. The molecule has 352 valence electrons. The molecule has 4 atom stereocenters. The van der Waals surface area contributed by atoms with E-state index in [2.05, 4.69) is 20.8 Å². The van der Waals surface area contributed by atoms with E-state index >= 15 is 0 Å². The highest BCUT2D eigenvalue weighted by Gasteiger charge is 2.67. The maximum atomic E-state index is 14.7. The van der Waals surface area contributed by atoms with Gasteiger partial charge in [0, 0.05) is 24.8 Å². The van der Waals surface area contributed by atoms with E-state index in [0.717, 1.165) is 21.1 Å². The molecular weight excluding hydrogens is 877 g/mol. The Kier molecular flexibility index (Phi) is 15.6. The Morgan fingerprint density at radius 3 is 1.83 bits per heavy atom. The Morgan fingerprint density at radius 1 is 0.844 bits per heavy atom. The first-order valence-corrected chi connectivity index (χ1v) is 28.8. The second-order valence-electron chi connectivity index (χ2n) is 19.6. The van der Waals surface area contributed by atoms with Crippen LogP contribution in [0.1, 0.15) is 70.9 Å². The highest BCUT2D eigenvalue weighted by atomic mass is 32.2. The van der Waals surface area contributed by atoms with Crippen LogP contribution in [-0.2, 0) is 66.7 Å². The first kappa shape index (κ1) is 50.8. The molecule has 0 aliphatic carbocycles. The van der Waals surface area contributed by atoms with Gasteiger partial charge < -0.3 is 28.8 Å². The van der Waals surface area contributed by atoms with Gasteiger partial charge in [-0.2, -0.15) is 8.42 Å². The summed E-state index contributed by atoms with van der Waals surface area (Å²) >= 11 is 0. The van der Waals surface area contributed by atoms with Crippen LogP contribution in [-0.4, -0.2) is 95.1 Å². The average molecular weight is 943 g/mol.